The first-order valence-corrected chi connectivity index (χ1v) is 8.19. The molecule has 1 fully saturated rings. The van der Waals surface area contributed by atoms with Crippen molar-refractivity contribution in [1.29, 1.82) is 0 Å². The molecular formula is C17H29N3. The van der Waals surface area contributed by atoms with Gasteiger partial charge in [0.15, 0.2) is 0 Å². The van der Waals surface area contributed by atoms with Gasteiger partial charge in [0.05, 0.1) is 0 Å². The molecule has 1 atom stereocenters. The van der Waals surface area contributed by atoms with Crippen molar-refractivity contribution in [3.8, 4) is 0 Å². The fraction of sp³-hybridized carbons (Fsp3) is 0.706. The van der Waals surface area contributed by atoms with Crippen LogP contribution in [0.1, 0.15) is 57.1 Å². The Morgan fingerprint density at radius 3 is 2.85 bits per heavy atom. The van der Waals surface area contributed by atoms with Crippen molar-refractivity contribution in [2.24, 2.45) is 0 Å². The van der Waals surface area contributed by atoms with Gasteiger partial charge in [0.1, 0.15) is 5.82 Å². The Kier molecular flexibility index (Phi) is 5.84. The summed E-state index contributed by atoms with van der Waals surface area (Å²) in [4.78, 5) is 7.34. The topological polar surface area (TPSA) is 28.2 Å². The summed E-state index contributed by atoms with van der Waals surface area (Å²) < 4.78 is 0. The third-order valence-corrected chi connectivity index (χ3v) is 4.31. The van der Waals surface area contributed by atoms with Crippen LogP contribution >= 0.6 is 0 Å². The van der Waals surface area contributed by atoms with Crippen LogP contribution in [0.2, 0.25) is 0 Å². The third-order valence-electron chi connectivity index (χ3n) is 4.31. The predicted octanol–water partition coefficient (Wildman–Crippen LogP) is 3.66. The maximum atomic E-state index is 4.78. The molecule has 1 aromatic rings. The summed E-state index contributed by atoms with van der Waals surface area (Å²) in [6.45, 7) is 9.73. The molecule has 0 amide bonds. The molecule has 1 aliphatic rings. The second-order valence-electron chi connectivity index (χ2n) is 5.87. The highest BCUT2D eigenvalue weighted by atomic mass is 15.2. The quantitative estimate of drug-likeness (QED) is 0.889. The van der Waals surface area contributed by atoms with E-state index in [0.717, 1.165) is 13.1 Å². The number of hydrogen-bond acceptors (Lipinski definition) is 3. The molecule has 20 heavy (non-hydrogen) atoms. The number of nitrogens with zero attached hydrogens (tertiary/aromatic N) is 2. The highest BCUT2D eigenvalue weighted by Gasteiger charge is 2.21. The van der Waals surface area contributed by atoms with E-state index in [2.05, 4.69) is 37.1 Å². The summed E-state index contributed by atoms with van der Waals surface area (Å²) in [5.41, 5.74) is 2.61. The van der Waals surface area contributed by atoms with Crippen molar-refractivity contribution in [2.75, 3.05) is 18.0 Å². The summed E-state index contributed by atoms with van der Waals surface area (Å²) in [6, 6.07) is 2.96. The molecule has 0 aromatic carbocycles. The van der Waals surface area contributed by atoms with E-state index >= 15 is 0 Å². The van der Waals surface area contributed by atoms with Crippen LogP contribution in [0.3, 0.4) is 0 Å². The van der Waals surface area contributed by atoms with Crippen LogP contribution in [0, 0.1) is 6.92 Å². The SMILES string of the molecule is CCNCc1cnc(N2CCCCCC2CC)c(C)c1. The average molecular weight is 275 g/mol. The van der Waals surface area contributed by atoms with Gasteiger partial charge in [-0.05, 0) is 49.9 Å². The summed E-state index contributed by atoms with van der Waals surface area (Å²) in [5, 5.41) is 3.37. The summed E-state index contributed by atoms with van der Waals surface area (Å²) >= 11 is 0. The molecule has 3 nitrogen and oxygen atoms in total. The second kappa shape index (κ2) is 7.63. The smallest absolute Gasteiger partial charge is 0.131 e. The molecule has 0 aliphatic carbocycles. The van der Waals surface area contributed by atoms with Gasteiger partial charge in [-0.25, -0.2) is 4.98 Å². The normalized spacial score (nSPS) is 19.9. The molecule has 1 unspecified atom stereocenters. The van der Waals surface area contributed by atoms with E-state index in [4.69, 9.17) is 4.98 Å². The van der Waals surface area contributed by atoms with E-state index < -0.39 is 0 Å². The van der Waals surface area contributed by atoms with Crippen molar-refractivity contribution < 1.29 is 0 Å². The Hall–Kier alpha value is -1.09. The molecule has 1 N–H and O–H groups in total. The Bertz CT molecular complexity index is 417. The molecule has 3 heteroatoms. The Morgan fingerprint density at radius 2 is 2.15 bits per heavy atom. The molecular weight excluding hydrogens is 246 g/mol. The number of aromatic nitrogens is 1. The van der Waals surface area contributed by atoms with Gasteiger partial charge in [-0.2, -0.15) is 0 Å². The van der Waals surface area contributed by atoms with Crippen LogP contribution in [-0.2, 0) is 6.54 Å². The number of aryl methyl sites for hydroxylation is 1. The zero-order valence-corrected chi connectivity index (χ0v) is 13.3. The number of nitrogens with one attached hydrogen (secondary N) is 1. The van der Waals surface area contributed by atoms with Crippen molar-refractivity contribution in [2.45, 2.75) is 65.5 Å². The molecule has 2 rings (SSSR count). The maximum Gasteiger partial charge on any atom is 0.131 e. The van der Waals surface area contributed by atoms with Gasteiger partial charge >= 0.3 is 0 Å². The van der Waals surface area contributed by atoms with Crippen LogP contribution in [0.4, 0.5) is 5.82 Å². The first-order chi connectivity index (χ1) is 9.76. The van der Waals surface area contributed by atoms with Crippen molar-refractivity contribution in [3.05, 3.63) is 23.4 Å². The monoisotopic (exact) mass is 275 g/mol. The lowest BCUT2D eigenvalue weighted by Crippen LogP contribution is -2.35. The highest BCUT2D eigenvalue weighted by molar-refractivity contribution is 5.48. The molecule has 0 radical (unpaired) electrons. The van der Waals surface area contributed by atoms with Crippen LogP contribution in [0.25, 0.3) is 0 Å². The minimum atomic E-state index is 0.670. The van der Waals surface area contributed by atoms with Crippen LogP contribution in [-0.4, -0.2) is 24.1 Å². The molecule has 1 saturated heterocycles. The molecule has 0 bridgehead atoms. The summed E-state index contributed by atoms with van der Waals surface area (Å²) in [7, 11) is 0. The molecule has 1 aliphatic heterocycles. The molecule has 1 aromatic heterocycles. The van der Waals surface area contributed by atoms with E-state index in [0.29, 0.717) is 6.04 Å². The van der Waals surface area contributed by atoms with Gasteiger partial charge in [0.2, 0.25) is 0 Å². The van der Waals surface area contributed by atoms with Crippen molar-refractivity contribution in [3.63, 3.8) is 0 Å². The van der Waals surface area contributed by atoms with Gasteiger partial charge in [0.25, 0.3) is 0 Å². The van der Waals surface area contributed by atoms with E-state index in [1.54, 1.807) is 0 Å². The average Bonchev–Trinajstić information content (AvgIpc) is 2.70. The summed E-state index contributed by atoms with van der Waals surface area (Å²) in [6.07, 6.45) is 8.62. The van der Waals surface area contributed by atoms with Gasteiger partial charge < -0.3 is 10.2 Å². The van der Waals surface area contributed by atoms with Crippen LogP contribution in [0.5, 0.6) is 0 Å². The number of rotatable bonds is 5. The van der Waals surface area contributed by atoms with Gasteiger partial charge in [-0.15, -0.1) is 0 Å². The standard InChI is InChI=1S/C17H29N3/c1-4-16-9-7-6-8-10-20(16)17-14(3)11-15(13-19-17)12-18-5-2/h11,13,16,18H,4-10,12H2,1-3H3. The van der Waals surface area contributed by atoms with E-state index in [-0.39, 0.29) is 0 Å². The Morgan fingerprint density at radius 1 is 1.30 bits per heavy atom. The van der Waals surface area contributed by atoms with Crippen LogP contribution < -0.4 is 10.2 Å². The predicted molar refractivity (Wildman–Crippen MR) is 86.2 cm³/mol. The minimum Gasteiger partial charge on any atom is -0.353 e. The number of pyridine rings is 1. The maximum absolute atomic E-state index is 4.78. The van der Waals surface area contributed by atoms with Gasteiger partial charge in [0, 0.05) is 25.3 Å². The Labute approximate surface area is 123 Å². The fourth-order valence-corrected chi connectivity index (χ4v) is 3.17. The minimum absolute atomic E-state index is 0.670. The zero-order chi connectivity index (χ0) is 14.4. The van der Waals surface area contributed by atoms with E-state index in [9.17, 15) is 0 Å². The summed E-state index contributed by atoms with van der Waals surface area (Å²) in [5.74, 6) is 1.21. The second-order valence-corrected chi connectivity index (χ2v) is 5.87. The molecule has 112 valence electrons. The first kappa shape index (κ1) is 15.3. The van der Waals surface area contributed by atoms with Crippen molar-refractivity contribution in [1.82, 2.24) is 10.3 Å². The Balaban J connectivity index is 2.17. The molecule has 2 heterocycles. The third kappa shape index (κ3) is 3.72. The number of hydrogen-bond donors (Lipinski definition) is 1. The van der Waals surface area contributed by atoms with E-state index in [1.165, 1.54) is 55.6 Å². The lowest BCUT2D eigenvalue weighted by molar-refractivity contribution is 0.551. The molecule has 0 spiro atoms. The lowest BCUT2D eigenvalue weighted by atomic mass is 10.1. The first-order valence-electron chi connectivity index (χ1n) is 8.19. The molecule has 0 saturated carbocycles. The van der Waals surface area contributed by atoms with Crippen LogP contribution in [0.15, 0.2) is 12.3 Å². The zero-order valence-electron chi connectivity index (χ0n) is 13.3. The van der Waals surface area contributed by atoms with Gasteiger partial charge in [-0.1, -0.05) is 26.7 Å². The fourth-order valence-electron chi connectivity index (χ4n) is 3.17. The van der Waals surface area contributed by atoms with E-state index in [1.807, 2.05) is 6.20 Å². The largest absolute Gasteiger partial charge is 0.353 e. The van der Waals surface area contributed by atoms with Crippen molar-refractivity contribution >= 4 is 5.82 Å². The van der Waals surface area contributed by atoms with Gasteiger partial charge in [-0.3, -0.25) is 0 Å². The highest BCUT2D eigenvalue weighted by Crippen LogP contribution is 2.27. The number of anilines is 1. The lowest BCUT2D eigenvalue weighted by Gasteiger charge is -2.31.